The van der Waals surface area contributed by atoms with Crippen LogP contribution in [0.4, 0.5) is 0 Å². The van der Waals surface area contributed by atoms with Crippen LogP contribution in [0.1, 0.15) is 17.7 Å². The first kappa shape index (κ1) is 8.32. The molecule has 0 aliphatic heterocycles. The zero-order valence-corrected chi connectivity index (χ0v) is 8.43. The summed E-state index contributed by atoms with van der Waals surface area (Å²) in [7, 11) is 0. The number of nitrogens with two attached hydrogens (primary N) is 1. The third-order valence-electron chi connectivity index (χ3n) is 2.54. The zero-order valence-electron chi connectivity index (χ0n) is 6.85. The van der Waals surface area contributed by atoms with Crippen LogP contribution in [0.2, 0.25) is 0 Å². The van der Waals surface area contributed by atoms with Crippen molar-refractivity contribution in [1.29, 1.82) is 0 Å². The molecule has 0 spiro atoms. The molecule has 1 aromatic rings. The Labute approximate surface area is 80.3 Å². The number of halogens is 1. The van der Waals surface area contributed by atoms with E-state index in [0.29, 0.717) is 5.92 Å². The van der Waals surface area contributed by atoms with Gasteiger partial charge in [-0.15, -0.1) is 0 Å². The molecule has 2 rings (SSSR count). The van der Waals surface area contributed by atoms with Crippen LogP contribution in [0.5, 0.6) is 0 Å². The molecule has 1 unspecified atom stereocenters. The van der Waals surface area contributed by atoms with Crippen LogP contribution in [0.25, 0.3) is 0 Å². The van der Waals surface area contributed by atoms with Crippen LogP contribution in [-0.4, -0.2) is 6.54 Å². The highest BCUT2D eigenvalue weighted by atomic mass is 79.9. The molecular weight excluding hydrogens is 218 g/mol. The molecule has 0 amide bonds. The van der Waals surface area contributed by atoms with E-state index in [0.717, 1.165) is 29.6 Å². The van der Waals surface area contributed by atoms with Crippen molar-refractivity contribution in [2.24, 2.45) is 11.7 Å². The van der Waals surface area contributed by atoms with Crippen LogP contribution in [0.15, 0.2) is 15.2 Å². The Morgan fingerprint density at radius 3 is 3.25 bits per heavy atom. The van der Waals surface area contributed by atoms with Crippen LogP contribution in [0.3, 0.4) is 0 Å². The van der Waals surface area contributed by atoms with E-state index in [1.165, 1.54) is 12.0 Å². The zero-order chi connectivity index (χ0) is 8.55. The first-order valence-corrected chi connectivity index (χ1v) is 5.05. The van der Waals surface area contributed by atoms with Gasteiger partial charge in [-0.1, -0.05) is 0 Å². The van der Waals surface area contributed by atoms with E-state index in [2.05, 4.69) is 15.9 Å². The van der Waals surface area contributed by atoms with Gasteiger partial charge < -0.3 is 10.2 Å². The van der Waals surface area contributed by atoms with Crippen molar-refractivity contribution in [3.63, 3.8) is 0 Å². The lowest BCUT2D eigenvalue weighted by Crippen LogP contribution is -2.21. The van der Waals surface area contributed by atoms with Gasteiger partial charge in [-0.3, -0.25) is 0 Å². The van der Waals surface area contributed by atoms with E-state index in [9.17, 15) is 0 Å². The van der Waals surface area contributed by atoms with Crippen molar-refractivity contribution < 1.29 is 4.42 Å². The van der Waals surface area contributed by atoms with E-state index in [-0.39, 0.29) is 0 Å². The van der Waals surface area contributed by atoms with Crippen molar-refractivity contribution >= 4 is 15.9 Å². The van der Waals surface area contributed by atoms with Crippen LogP contribution in [-0.2, 0) is 12.8 Å². The first-order valence-electron chi connectivity index (χ1n) is 4.26. The number of fused-ring (bicyclic) bond motifs is 1. The Hall–Kier alpha value is -0.280. The summed E-state index contributed by atoms with van der Waals surface area (Å²) in [5, 5.41) is 0. The summed E-state index contributed by atoms with van der Waals surface area (Å²) in [6.45, 7) is 0.789. The molecule has 3 heteroatoms. The summed E-state index contributed by atoms with van der Waals surface area (Å²) < 4.78 is 6.50. The largest absolute Gasteiger partial charge is 0.468 e. The van der Waals surface area contributed by atoms with Crippen LogP contribution >= 0.6 is 15.9 Å². The van der Waals surface area contributed by atoms with Gasteiger partial charge in [0.2, 0.25) is 0 Å². The molecule has 0 bridgehead atoms. The van der Waals surface area contributed by atoms with Gasteiger partial charge >= 0.3 is 0 Å². The molecule has 2 N–H and O–H groups in total. The second kappa shape index (κ2) is 3.23. The monoisotopic (exact) mass is 229 g/mol. The summed E-state index contributed by atoms with van der Waals surface area (Å²) in [5.41, 5.74) is 6.96. The second-order valence-electron chi connectivity index (χ2n) is 3.33. The molecule has 0 saturated carbocycles. The van der Waals surface area contributed by atoms with E-state index in [1.807, 2.05) is 0 Å². The van der Waals surface area contributed by atoms with Crippen molar-refractivity contribution in [2.45, 2.75) is 19.3 Å². The Kier molecular flexibility index (Phi) is 2.24. The Morgan fingerprint density at radius 1 is 1.67 bits per heavy atom. The normalized spacial score (nSPS) is 22.3. The van der Waals surface area contributed by atoms with Gasteiger partial charge in [0.25, 0.3) is 0 Å². The molecule has 0 radical (unpaired) electrons. The lowest BCUT2D eigenvalue weighted by atomic mass is 9.88. The average Bonchev–Trinajstić information content (AvgIpc) is 2.47. The van der Waals surface area contributed by atoms with Gasteiger partial charge in [-0.05, 0) is 41.2 Å². The fourth-order valence-electron chi connectivity index (χ4n) is 1.75. The molecule has 1 atom stereocenters. The number of furan rings is 1. The Morgan fingerprint density at radius 2 is 2.50 bits per heavy atom. The molecule has 1 heterocycles. The maximum atomic E-state index is 5.63. The van der Waals surface area contributed by atoms with Crippen LogP contribution in [0, 0.1) is 5.92 Å². The van der Waals surface area contributed by atoms with Gasteiger partial charge in [0.15, 0.2) is 0 Å². The van der Waals surface area contributed by atoms with Crippen molar-refractivity contribution in [1.82, 2.24) is 0 Å². The third-order valence-corrected chi connectivity index (χ3v) is 3.20. The van der Waals surface area contributed by atoms with Gasteiger partial charge in [0.1, 0.15) is 12.0 Å². The molecular formula is C9H12BrNO. The summed E-state index contributed by atoms with van der Waals surface area (Å²) in [5.74, 6) is 1.79. The number of hydrogen-bond acceptors (Lipinski definition) is 2. The topological polar surface area (TPSA) is 39.2 Å². The van der Waals surface area contributed by atoms with Crippen molar-refractivity contribution in [3.05, 3.63) is 22.1 Å². The van der Waals surface area contributed by atoms with Crippen molar-refractivity contribution in [3.8, 4) is 0 Å². The minimum atomic E-state index is 0.645. The second-order valence-corrected chi connectivity index (χ2v) is 4.18. The molecule has 1 aromatic heterocycles. The molecule has 0 aromatic carbocycles. The van der Waals surface area contributed by atoms with E-state index in [1.54, 1.807) is 6.26 Å². The van der Waals surface area contributed by atoms with E-state index in [4.69, 9.17) is 10.2 Å². The molecule has 12 heavy (non-hydrogen) atoms. The first-order chi connectivity index (χ1) is 5.81. The highest BCUT2D eigenvalue weighted by Gasteiger charge is 2.22. The molecule has 66 valence electrons. The Balaban J connectivity index is 2.26. The summed E-state index contributed by atoms with van der Waals surface area (Å²) in [4.78, 5) is 0. The highest BCUT2D eigenvalue weighted by Crippen LogP contribution is 2.31. The van der Waals surface area contributed by atoms with Gasteiger partial charge in [0, 0.05) is 12.0 Å². The lowest BCUT2D eigenvalue weighted by molar-refractivity contribution is 0.410. The molecule has 2 nitrogen and oxygen atoms in total. The van der Waals surface area contributed by atoms with Crippen LogP contribution < -0.4 is 5.73 Å². The standard InChI is InChI=1S/C9H12BrNO/c10-8-5-12-9-2-1-6(4-11)3-7(8)9/h5-6H,1-4,11H2. The van der Waals surface area contributed by atoms with Gasteiger partial charge in [-0.25, -0.2) is 0 Å². The predicted molar refractivity (Wildman–Crippen MR) is 51.0 cm³/mol. The lowest BCUT2D eigenvalue weighted by Gasteiger charge is -2.19. The molecule has 0 saturated heterocycles. The fourth-order valence-corrected chi connectivity index (χ4v) is 2.22. The van der Waals surface area contributed by atoms with Gasteiger partial charge in [0.05, 0.1) is 4.47 Å². The maximum absolute atomic E-state index is 5.63. The minimum absolute atomic E-state index is 0.645. The summed E-state index contributed by atoms with van der Waals surface area (Å²) in [6, 6.07) is 0. The van der Waals surface area contributed by atoms with Crippen molar-refractivity contribution in [2.75, 3.05) is 6.54 Å². The summed E-state index contributed by atoms with van der Waals surface area (Å²) in [6.07, 6.45) is 5.07. The number of aryl methyl sites for hydroxylation is 1. The van der Waals surface area contributed by atoms with E-state index >= 15 is 0 Å². The summed E-state index contributed by atoms with van der Waals surface area (Å²) >= 11 is 3.47. The van der Waals surface area contributed by atoms with E-state index < -0.39 is 0 Å². The number of rotatable bonds is 1. The highest BCUT2D eigenvalue weighted by molar-refractivity contribution is 9.10. The maximum Gasteiger partial charge on any atom is 0.108 e. The molecule has 1 aliphatic rings. The quantitative estimate of drug-likeness (QED) is 0.802. The smallest absolute Gasteiger partial charge is 0.108 e. The average molecular weight is 230 g/mol. The third kappa shape index (κ3) is 1.31. The Bertz CT molecular complexity index is 282. The SMILES string of the molecule is NCC1CCc2occ(Br)c2C1. The molecule has 0 fully saturated rings. The minimum Gasteiger partial charge on any atom is -0.468 e. The fraction of sp³-hybridized carbons (Fsp3) is 0.556. The van der Waals surface area contributed by atoms with Gasteiger partial charge in [-0.2, -0.15) is 0 Å². The molecule has 1 aliphatic carbocycles. The predicted octanol–water partition coefficient (Wildman–Crippen LogP) is 2.11. The number of hydrogen-bond donors (Lipinski definition) is 1.